The van der Waals surface area contributed by atoms with E-state index in [0.717, 1.165) is 6.07 Å². The van der Waals surface area contributed by atoms with Gasteiger partial charge in [-0.25, -0.2) is 0 Å². The van der Waals surface area contributed by atoms with Gasteiger partial charge in [0.2, 0.25) is 5.91 Å². The van der Waals surface area contributed by atoms with Crippen molar-refractivity contribution in [2.75, 3.05) is 5.32 Å². The van der Waals surface area contributed by atoms with Crippen LogP contribution in [0.2, 0.25) is 0 Å². The van der Waals surface area contributed by atoms with Gasteiger partial charge in [0.25, 0.3) is 5.69 Å². The molecule has 1 aliphatic rings. The maximum atomic E-state index is 11.1. The molecule has 0 aromatic heterocycles. The molecule has 0 heterocycles. The highest BCUT2D eigenvalue weighted by molar-refractivity contribution is 5.94. The first kappa shape index (κ1) is 14.5. The van der Waals surface area contributed by atoms with Gasteiger partial charge in [0, 0.05) is 17.7 Å². The summed E-state index contributed by atoms with van der Waals surface area (Å²) in [5, 5.41) is 22.8. The van der Waals surface area contributed by atoms with Crippen LogP contribution in [0.25, 0.3) is 0 Å². The Bertz CT molecular complexity index is 641. The molecule has 1 aliphatic carbocycles. The number of hydrogen-bond acceptors (Lipinski definition) is 5. The molecule has 0 bridgehead atoms. The standard InChI is InChI=1S/C13H13N3O5/c14-12(17)7-2-4-10(11(6-7)16(20)21)15-9-3-1-8(5-9)13(18)19/h1-4,6,8-9,15H,5H2,(H2,14,17)(H,18,19). The number of nitro groups is 1. The summed E-state index contributed by atoms with van der Waals surface area (Å²) in [5.74, 6) is -2.29. The van der Waals surface area contributed by atoms with E-state index in [4.69, 9.17) is 10.8 Å². The topological polar surface area (TPSA) is 136 Å². The molecule has 1 aromatic rings. The monoisotopic (exact) mass is 291 g/mol. The summed E-state index contributed by atoms with van der Waals surface area (Å²) in [6.45, 7) is 0. The molecule has 2 atom stereocenters. The summed E-state index contributed by atoms with van der Waals surface area (Å²) >= 11 is 0. The van der Waals surface area contributed by atoms with E-state index < -0.39 is 22.7 Å². The molecular formula is C13H13N3O5. The second kappa shape index (κ2) is 5.61. The summed E-state index contributed by atoms with van der Waals surface area (Å²) < 4.78 is 0. The molecular weight excluding hydrogens is 278 g/mol. The number of hydrogen-bond donors (Lipinski definition) is 3. The Kier molecular flexibility index (Phi) is 3.88. The van der Waals surface area contributed by atoms with E-state index in [1.807, 2.05) is 0 Å². The number of carbonyl (C=O) groups is 2. The fraction of sp³-hybridized carbons (Fsp3) is 0.231. The molecule has 110 valence electrons. The number of anilines is 1. The average Bonchev–Trinajstić information content (AvgIpc) is 2.87. The lowest BCUT2D eigenvalue weighted by Gasteiger charge is -2.14. The molecule has 0 aliphatic heterocycles. The molecule has 8 nitrogen and oxygen atoms in total. The highest BCUT2D eigenvalue weighted by Crippen LogP contribution is 2.29. The number of nitrogens with one attached hydrogen (secondary N) is 1. The Balaban J connectivity index is 2.21. The molecule has 21 heavy (non-hydrogen) atoms. The number of nitrogens with zero attached hydrogens (tertiary/aromatic N) is 1. The Morgan fingerprint density at radius 1 is 1.38 bits per heavy atom. The zero-order chi connectivity index (χ0) is 15.6. The second-order valence-electron chi connectivity index (χ2n) is 4.67. The maximum absolute atomic E-state index is 11.1. The first-order valence-electron chi connectivity index (χ1n) is 6.14. The van der Waals surface area contributed by atoms with E-state index in [-0.39, 0.29) is 23.0 Å². The van der Waals surface area contributed by atoms with Crippen molar-refractivity contribution in [2.24, 2.45) is 11.7 Å². The van der Waals surface area contributed by atoms with Crippen molar-refractivity contribution in [3.05, 3.63) is 46.0 Å². The molecule has 0 fully saturated rings. The molecule has 8 heteroatoms. The molecule has 2 unspecified atom stereocenters. The zero-order valence-corrected chi connectivity index (χ0v) is 10.9. The summed E-state index contributed by atoms with van der Waals surface area (Å²) in [4.78, 5) is 32.3. The third-order valence-electron chi connectivity index (χ3n) is 3.22. The van der Waals surface area contributed by atoms with Crippen LogP contribution in [0.3, 0.4) is 0 Å². The highest BCUT2D eigenvalue weighted by atomic mass is 16.6. The molecule has 1 aromatic carbocycles. The van der Waals surface area contributed by atoms with E-state index in [2.05, 4.69) is 5.32 Å². The van der Waals surface area contributed by atoms with Crippen molar-refractivity contribution in [1.29, 1.82) is 0 Å². The quantitative estimate of drug-likeness (QED) is 0.422. The zero-order valence-electron chi connectivity index (χ0n) is 10.9. The van der Waals surface area contributed by atoms with Gasteiger partial charge < -0.3 is 16.2 Å². The van der Waals surface area contributed by atoms with Crippen molar-refractivity contribution in [3.8, 4) is 0 Å². The largest absolute Gasteiger partial charge is 0.481 e. The summed E-state index contributed by atoms with van der Waals surface area (Å²) in [5.41, 5.74) is 5.06. The van der Waals surface area contributed by atoms with Gasteiger partial charge in [0.15, 0.2) is 0 Å². The van der Waals surface area contributed by atoms with Crippen molar-refractivity contribution in [1.82, 2.24) is 0 Å². The summed E-state index contributed by atoms with van der Waals surface area (Å²) in [6.07, 6.45) is 3.51. The van der Waals surface area contributed by atoms with Gasteiger partial charge in [0.1, 0.15) is 5.69 Å². The van der Waals surface area contributed by atoms with E-state index >= 15 is 0 Å². The number of carboxylic acids is 1. The Labute approximate surface area is 119 Å². The van der Waals surface area contributed by atoms with Crippen LogP contribution in [0.5, 0.6) is 0 Å². The smallest absolute Gasteiger partial charge is 0.310 e. The van der Waals surface area contributed by atoms with Crippen LogP contribution >= 0.6 is 0 Å². The third kappa shape index (κ3) is 3.16. The van der Waals surface area contributed by atoms with E-state index in [9.17, 15) is 19.7 Å². The van der Waals surface area contributed by atoms with Crippen LogP contribution in [0, 0.1) is 16.0 Å². The van der Waals surface area contributed by atoms with Crippen molar-refractivity contribution < 1.29 is 19.6 Å². The minimum atomic E-state index is -0.936. The summed E-state index contributed by atoms with van der Waals surface area (Å²) in [7, 11) is 0. The molecule has 2 rings (SSSR count). The number of benzene rings is 1. The number of nitro benzene ring substituents is 1. The Hall–Kier alpha value is -2.90. The number of carbonyl (C=O) groups excluding carboxylic acids is 1. The lowest BCUT2D eigenvalue weighted by Crippen LogP contribution is -2.19. The molecule has 0 spiro atoms. The van der Waals surface area contributed by atoms with E-state index in [0.29, 0.717) is 6.42 Å². The normalized spacial score (nSPS) is 20.2. The minimum Gasteiger partial charge on any atom is -0.481 e. The molecule has 0 saturated carbocycles. The van der Waals surface area contributed by atoms with Crippen molar-refractivity contribution in [3.63, 3.8) is 0 Å². The fourth-order valence-electron chi connectivity index (χ4n) is 2.15. The first-order chi connectivity index (χ1) is 9.88. The molecule has 4 N–H and O–H groups in total. The van der Waals surface area contributed by atoms with Crippen LogP contribution in [-0.2, 0) is 4.79 Å². The van der Waals surface area contributed by atoms with Crippen LogP contribution < -0.4 is 11.1 Å². The number of nitrogens with two attached hydrogens (primary N) is 1. The Morgan fingerprint density at radius 2 is 2.10 bits per heavy atom. The lowest BCUT2D eigenvalue weighted by molar-refractivity contribution is -0.384. The van der Waals surface area contributed by atoms with Crippen LogP contribution in [0.4, 0.5) is 11.4 Å². The van der Waals surface area contributed by atoms with Crippen molar-refractivity contribution >= 4 is 23.3 Å². The van der Waals surface area contributed by atoms with Gasteiger partial charge in [0.05, 0.1) is 10.8 Å². The van der Waals surface area contributed by atoms with Gasteiger partial charge in [-0.05, 0) is 18.6 Å². The SMILES string of the molecule is NC(=O)c1ccc(NC2C=CC(C(=O)O)C2)c([N+](=O)[O-])c1. The van der Waals surface area contributed by atoms with Crippen LogP contribution in [-0.4, -0.2) is 27.9 Å². The highest BCUT2D eigenvalue weighted by Gasteiger charge is 2.26. The van der Waals surface area contributed by atoms with E-state index in [1.165, 1.54) is 12.1 Å². The van der Waals surface area contributed by atoms with Gasteiger partial charge in [-0.15, -0.1) is 0 Å². The minimum absolute atomic E-state index is 0.0395. The van der Waals surface area contributed by atoms with Crippen LogP contribution in [0.15, 0.2) is 30.4 Å². The predicted molar refractivity (Wildman–Crippen MR) is 73.9 cm³/mol. The van der Waals surface area contributed by atoms with Gasteiger partial charge in [-0.3, -0.25) is 19.7 Å². The number of aliphatic carboxylic acids is 1. The molecule has 1 amide bonds. The molecule has 0 radical (unpaired) electrons. The second-order valence-corrected chi connectivity index (χ2v) is 4.67. The number of primary amides is 1. The van der Waals surface area contributed by atoms with Gasteiger partial charge in [-0.2, -0.15) is 0 Å². The van der Waals surface area contributed by atoms with Gasteiger partial charge >= 0.3 is 5.97 Å². The Morgan fingerprint density at radius 3 is 2.62 bits per heavy atom. The number of amides is 1. The van der Waals surface area contributed by atoms with Gasteiger partial charge in [-0.1, -0.05) is 12.2 Å². The predicted octanol–water partition coefficient (Wildman–Crippen LogP) is 1.13. The number of rotatable bonds is 5. The average molecular weight is 291 g/mol. The summed E-state index contributed by atoms with van der Waals surface area (Å²) in [6, 6.07) is 3.55. The van der Waals surface area contributed by atoms with E-state index in [1.54, 1.807) is 12.2 Å². The fourth-order valence-corrected chi connectivity index (χ4v) is 2.15. The van der Waals surface area contributed by atoms with Crippen molar-refractivity contribution in [2.45, 2.75) is 12.5 Å². The number of carboxylic acid groups (broad SMARTS) is 1. The molecule has 0 saturated heterocycles. The third-order valence-corrected chi connectivity index (χ3v) is 3.22. The lowest BCUT2D eigenvalue weighted by atomic mass is 10.1. The maximum Gasteiger partial charge on any atom is 0.310 e. The van der Waals surface area contributed by atoms with Crippen LogP contribution in [0.1, 0.15) is 16.8 Å². The first-order valence-corrected chi connectivity index (χ1v) is 6.14.